The van der Waals surface area contributed by atoms with Crippen LogP contribution in [0.4, 0.5) is 0 Å². The van der Waals surface area contributed by atoms with Crippen LogP contribution in [0.25, 0.3) is 0 Å². The molecule has 0 aliphatic carbocycles. The topological polar surface area (TPSA) is 46.5 Å². The van der Waals surface area contributed by atoms with E-state index in [1.165, 1.54) is 7.11 Å². The van der Waals surface area contributed by atoms with Crippen LogP contribution in [0.2, 0.25) is 0 Å². The lowest BCUT2D eigenvalue weighted by Crippen LogP contribution is -2.40. The predicted molar refractivity (Wildman–Crippen MR) is 65.2 cm³/mol. The first kappa shape index (κ1) is 13.2. The summed E-state index contributed by atoms with van der Waals surface area (Å²) in [6, 6.07) is 7.49. The van der Waals surface area contributed by atoms with E-state index in [2.05, 4.69) is 20.7 Å². The molecule has 0 aromatic heterocycles. The number of ether oxygens (including phenoxy) is 1. The normalized spacial score (nSPS) is 13.3. The smallest absolute Gasteiger partial charge is 0.335 e. The monoisotopic (exact) mass is 286 g/mol. The summed E-state index contributed by atoms with van der Waals surface area (Å²) in [5, 5.41) is 9.88. The van der Waals surface area contributed by atoms with Crippen molar-refractivity contribution in [3.63, 3.8) is 0 Å². The summed E-state index contributed by atoms with van der Waals surface area (Å²) in [6.45, 7) is 3.61. The molecule has 1 aromatic rings. The van der Waals surface area contributed by atoms with Gasteiger partial charge in [-0.25, -0.2) is 4.79 Å². The van der Waals surface area contributed by atoms with E-state index in [-0.39, 0.29) is 0 Å². The molecule has 0 aliphatic heterocycles. The standard InChI is InChI=1S/C12H15BrO3/c1-12(2,10(14)11(15)16-3)8-4-6-9(13)7-5-8/h4-7,10,14H,1-3H3. The second-order valence-electron chi connectivity index (χ2n) is 4.15. The maximum Gasteiger partial charge on any atom is 0.335 e. The van der Waals surface area contributed by atoms with E-state index in [9.17, 15) is 9.90 Å². The molecule has 16 heavy (non-hydrogen) atoms. The quantitative estimate of drug-likeness (QED) is 0.867. The van der Waals surface area contributed by atoms with Crippen LogP contribution < -0.4 is 0 Å². The second-order valence-corrected chi connectivity index (χ2v) is 5.07. The lowest BCUT2D eigenvalue weighted by Gasteiger charge is -2.29. The Bertz CT molecular complexity index is 370. The zero-order chi connectivity index (χ0) is 12.3. The minimum Gasteiger partial charge on any atom is -0.467 e. The summed E-state index contributed by atoms with van der Waals surface area (Å²) in [4.78, 5) is 11.3. The number of carbonyl (C=O) groups excluding carboxylic acids is 1. The predicted octanol–water partition coefficient (Wildman–Crippen LogP) is 2.26. The van der Waals surface area contributed by atoms with E-state index in [0.717, 1.165) is 10.0 Å². The van der Waals surface area contributed by atoms with Crippen LogP contribution in [0, 0.1) is 0 Å². The highest BCUT2D eigenvalue weighted by Gasteiger charge is 2.35. The van der Waals surface area contributed by atoms with Gasteiger partial charge < -0.3 is 9.84 Å². The van der Waals surface area contributed by atoms with E-state index in [1.54, 1.807) is 13.8 Å². The van der Waals surface area contributed by atoms with Gasteiger partial charge in [-0.15, -0.1) is 0 Å². The van der Waals surface area contributed by atoms with Gasteiger partial charge in [0.1, 0.15) is 0 Å². The van der Waals surface area contributed by atoms with Crippen molar-refractivity contribution in [3.05, 3.63) is 34.3 Å². The fourth-order valence-electron chi connectivity index (χ4n) is 1.44. The van der Waals surface area contributed by atoms with Crippen LogP contribution in [0.1, 0.15) is 19.4 Å². The number of aliphatic hydroxyl groups excluding tert-OH is 1. The van der Waals surface area contributed by atoms with Crippen molar-refractivity contribution in [1.82, 2.24) is 0 Å². The number of carbonyl (C=O) groups is 1. The molecule has 1 rings (SSSR count). The third-order valence-corrected chi connectivity index (χ3v) is 3.22. The summed E-state index contributed by atoms with van der Waals surface area (Å²) in [5.41, 5.74) is 0.210. The molecule has 1 unspecified atom stereocenters. The summed E-state index contributed by atoms with van der Waals surface area (Å²) in [5.74, 6) is -0.618. The highest BCUT2D eigenvalue weighted by atomic mass is 79.9. The molecule has 1 atom stereocenters. The van der Waals surface area contributed by atoms with E-state index in [4.69, 9.17) is 0 Å². The van der Waals surface area contributed by atoms with Gasteiger partial charge in [0.2, 0.25) is 0 Å². The number of hydrogen-bond acceptors (Lipinski definition) is 3. The van der Waals surface area contributed by atoms with E-state index >= 15 is 0 Å². The molecule has 0 bridgehead atoms. The molecule has 0 saturated heterocycles. The van der Waals surface area contributed by atoms with Crippen molar-refractivity contribution in [1.29, 1.82) is 0 Å². The van der Waals surface area contributed by atoms with Gasteiger partial charge in [-0.1, -0.05) is 41.9 Å². The van der Waals surface area contributed by atoms with Gasteiger partial charge >= 0.3 is 5.97 Å². The Morgan fingerprint density at radius 2 is 1.88 bits per heavy atom. The van der Waals surface area contributed by atoms with Crippen molar-refractivity contribution in [2.75, 3.05) is 7.11 Å². The SMILES string of the molecule is COC(=O)C(O)C(C)(C)c1ccc(Br)cc1. The molecule has 3 nitrogen and oxygen atoms in total. The van der Waals surface area contributed by atoms with Gasteiger partial charge in [0.05, 0.1) is 7.11 Å². The number of benzene rings is 1. The molecule has 4 heteroatoms. The minimum atomic E-state index is -1.17. The largest absolute Gasteiger partial charge is 0.467 e. The number of hydrogen-bond donors (Lipinski definition) is 1. The van der Waals surface area contributed by atoms with Gasteiger partial charge in [-0.2, -0.15) is 0 Å². The number of esters is 1. The van der Waals surface area contributed by atoms with E-state index in [0.29, 0.717) is 0 Å². The van der Waals surface area contributed by atoms with Gasteiger partial charge in [-0.05, 0) is 17.7 Å². The Morgan fingerprint density at radius 3 is 2.31 bits per heavy atom. The lowest BCUT2D eigenvalue weighted by atomic mass is 9.79. The van der Waals surface area contributed by atoms with Crippen LogP contribution in [-0.4, -0.2) is 24.3 Å². The van der Waals surface area contributed by atoms with Crippen LogP contribution in [-0.2, 0) is 14.9 Å². The number of methoxy groups -OCH3 is 1. The molecule has 0 radical (unpaired) electrons. The molecule has 0 fully saturated rings. The van der Waals surface area contributed by atoms with Crippen molar-refractivity contribution < 1.29 is 14.6 Å². The molecule has 0 heterocycles. The van der Waals surface area contributed by atoms with Gasteiger partial charge in [-0.3, -0.25) is 0 Å². The Kier molecular flexibility index (Phi) is 4.10. The minimum absolute atomic E-state index is 0.618. The van der Waals surface area contributed by atoms with Crippen molar-refractivity contribution >= 4 is 21.9 Å². The number of aliphatic hydroxyl groups is 1. The van der Waals surface area contributed by atoms with Crippen LogP contribution >= 0.6 is 15.9 Å². The first-order chi connectivity index (χ1) is 7.39. The van der Waals surface area contributed by atoms with Crippen molar-refractivity contribution in [2.45, 2.75) is 25.4 Å². The third kappa shape index (κ3) is 2.62. The maximum absolute atomic E-state index is 11.3. The third-order valence-electron chi connectivity index (χ3n) is 2.70. The summed E-state index contributed by atoms with van der Waals surface area (Å²) >= 11 is 3.34. The molecular weight excluding hydrogens is 272 g/mol. The Balaban J connectivity index is 3.01. The number of halogens is 1. The van der Waals surface area contributed by atoms with E-state index < -0.39 is 17.5 Å². The van der Waals surface area contributed by atoms with Gasteiger partial charge in [0, 0.05) is 9.89 Å². The second kappa shape index (κ2) is 4.97. The van der Waals surface area contributed by atoms with E-state index in [1.807, 2.05) is 24.3 Å². The van der Waals surface area contributed by atoms with Gasteiger partial charge in [0.15, 0.2) is 6.10 Å². The van der Waals surface area contributed by atoms with Crippen LogP contribution in [0.3, 0.4) is 0 Å². The van der Waals surface area contributed by atoms with Crippen molar-refractivity contribution in [3.8, 4) is 0 Å². The maximum atomic E-state index is 11.3. The zero-order valence-corrected chi connectivity index (χ0v) is 11.1. The molecule has 0 saturated carbocycles. The summed E-state index contributed by atoms with van der Waals surface area (Å²) < 4.78 is 5.50. The lowest BCUT2D eigenvalue weighted by molar-refractivity contribution is -0.153. The van der Waals surface area contributed by atoms with Crippen LogP contribution in [0.5, 0.6) is 0 Å². The number of rotatable bonds is 3. The van der Waals surface area contributed by atoms with Gasteiger partial charge in [0.25, 0.3) is 0 Å². The first-order valence-corrected chi connectivity index (χ1v) is 5.71. The first-order valence-electron chi connectivity index (χ1n) is 4.91. The molecule has 0 amide bonds. The molecule has 88 valence electrons. The average molecular weight is 287 g/mol. The molecule has 1 N–H and O–H groups in total. The Hall–Kier alpha value is -0.870. The fourth-order valence-corrected chi connectivity index (χ4v) is 1.71. The fraction of sp³-hybridized carbons (Fsp3) is 0.417. The molecular formula is C12H15BrO3. The molecule has 0 aliphatic rings. The Labute approximate surface area is 104 Å². The average Bonchev–Trinajstić information content (AvgIpc) is 2.27. The summed E-state index contributed by atoms with van der Waals surface area (Å²) in [7, 11) is 1.27. The summed E-state index contributed by atoms with van der Waals surface area (Å²) in [6.07, 6.45) is -1.17. The van der Waals surface area contributed by atoms with Crippen molar-refractivity contribution in [2.24, 2.45) is 0 Å². The molecule has 1 aromatic carbocycles. The van der Waals surface area contributed by atoms with Crippen LogP contribution in [0.15, 0.2) is 28.7 Å². The zero-order valence-electron chi connectivity index (χ0n) is 9.53. The Morgan fingerprint density at radius 1 is 1.38 bits per heavy atom. The highest BCUT2D eigenvalue weighted by molar-refractivity contribution is 9.10. The molecule has 0 spiro atoms. The highest BCUT2D eigenvalue weighted by Crippen LogP contribution is 2.28.